The summed E-state index contributed by atoms with van der Waals surface area (Å²) in [5.74, 6) is 0.907. The molecule has 0 amide bonds. The third kappa shape index (κ3) is 4.14. The number of hydrogen-bond donors (Lipinski definition) is 0. The van der Waals surface area contributed by atoms with Crippen LogP contribution in [0.25, 0.3) is 0 Å². The molecule has 0 saturated carbocycles. The Morgan fingerprint density at radius 2 is 2.00 bits per heavy atom. The van der Waals surface area contributed by atoms with Gasteiger partial charge in [-0.15, -0.1) is 0 Å². The van der Waals surface area contributed by atoms with Gasteiger partial charge in [0.25, 0.3) is 0 Å². The van der Waals surface area contributed by atoms with Crippen molar-refractivity contribution >= 4 is 21.6 Å². The lowest BCUT2D eigenvalue weighted by Gasteiger charge is -2.26. The second kappa shape index (κ2) is 7.53. The molecule has 1 aromatic rings. The van der Waals surface area contributed by atoms with E-state index in [1.54, 1.807) is 7.11 Å². The maximum atomic E-state index is 5.23. The minimum atomic E-state index is 0.907. The standard InChI is InChI=1S/C17H22BrNO/c1-3-11-19(13-14-5-4-6-15(18)12-14)16-7-9-17(20-2)10-8-16/h5,7-10,12H,3-4,6,11,13H2,1-2H3. The summed E-state index contributed by atoms with van der Waals surface area (Å²) >= 11 is 3.62. The van der Waals surface area contributed by atoms with Crippen molar-refractivity contribution in [2.75, 3.05) is 25.1 Å². The summed E-state index contributed by atoms with van der Waals surface area (Å²) in [6.07, 6.45) is 8.01. The van der Waals surface area contributed by atoms with Crippen LogP contribution in [0.15, 0.2) is 46.5 Å². The van der Waals surface area contributed by atoms with Gasteiger partial charge in [-0.05, 0) is 59.7 Å². The van der Waals surface area contributed by atoms with E-state index in [1.165, 1.54) is 15.7 Å². The molecule has 0 N–H and O–H groups in total. The van der Waals surface area contributed by atoms with Gasteiger partial charge < -0.3 is 9.64 Å². The highest BCUT2D eigenvalue weighted by atomic mass is 79.9. The number of allylic oxidation sites excluding steroid dienone is 2. The van der Waals surface area contributed by atoms with Crippen LogP contribution in [0, 0.1) is 0 Å². The molecular formula is C17H22BrNO. The fourth-order valence-electron chi connectivity index (χ4n) is 2.42. The minimum absolute atomic E-state index is 0.907. The molecule has 0 atom stereocenters. The SMILES string of the molecule is CCCN(CC1=CCCC(Br)=C1)c1ccc(OC)cc1. The molecule has 0 bridgehead atoms. The topological polar surface area (TPSA) is 12.5 Å². The molecule has 1 aliphatic rings. The summed E-state index contributed by atoms with van der Waals surface area (Å²) in [7, 11) is 1.70. The van der Waals surface area contributed by atoms with Gasteiger partial charge in [-0.2, -0.15) is 0 Å². The highest BCUT2D eigenvalue weighted by Gasteiger charge is 2.10. The fraction of sp³-hybridized carbons (Fsp3) is 0.412. The lowest BCUT2D eigenvalue weighted by molar-refractivity contribution is 0.415. The Balaban J connectivity index is 2.11. The van der Waals surface area contributed by atoms with E-state index < -0.39 is 0 Å². The molecule has 1 aromatic carbocycles. The molecule has 108 valence electrons. The van der Waals surface area contributed by atoms with Crippen molar-refractivity contribution in [1.29, 1.82) is 0 Å². The normalized spacial score (nSPS) is 14.6. The number of anilines is 1. The number of benzene rings is 1. The molecule has 0 spiro atoms. The third-order valence-electron chi connectivity index (χ3n) is 3.44. The quantitative estimate of drug-likeness (QED) is 0.732. The summed E-state index contributed by atoms with van der Waals surface area (Å²) in [6.45, 7) is 4.25. The van der Waals surface area contributed by atoms with Gasteiger partial charge in [-0.1, -0.05) is 28.9 Å². The number of rotatable bonds is 6. The number of hydrogen-bond acceptors (Lipinski definition) is 2. The molecular weight excluding hydrogens is 314 g/mol. The van der Waals surface area contributed by atoms with Crippen LogP contribution in [0.5, 0.6) is 5.75 Å². The zero-order chi connectivity index (χ0) is 14.4. The number of methoxy groups -OCH3 is 1. The van der Waals surface area contributed by atoms with Gasteiger partial charge in [-0.3, -0.25) is 0 Å². The van der Waals surface area contributed by atoms with Crippen LogP contribution in [-0.2, 0) is 0 Å². The Hall–Kier alpha value is -1.22. The first-order valence-corrected chi connectivity index (χ1v) is 7.96. The van der Waals surface area contributed by atoms with Crippen molar-refractivity contribution < 1.29 is 4.74 Å². The predicted molar refractivity (Wildman–Crippen MR) is 89.8 cm³/mol. The van der Waals surface area contributed by atoms with Crippen LogP contribution in [0.3, 0.4) is 0 Å². The molecule has 2 rings (SSSR count). The van der Waals surface area contributed by atoms with Gasteiger partial charge >= 0.3 is 0 Å². The molecule has 0 aliphatic heterocycles. The van der Waals surface area contributed by atoms with Crippen molar-refractivity contribution in [1.82, 2.24) is 0 Å². The van der Waals surface area contributed by atoms with Gasteiger partial charge in [0.05, 0.1) is 7.11 Å². The van der Waals surface area contributed by atoms with Gasteiger partial charge in [0, 0.05) is 18.8 Å². The second-order valence-electron chi connectivity index (χ2n) is 5.03. The summed E-state index contributed by atoms with van der Waals surface area (Å²) in [5.41, 5.74) is 2.65. The molecule has 2 nitrogen and oxygen atoms in total. The van der Waals surface area contributed by atoms with E-state index >= 15 is 0 Å². The van der Waals surface area contributed by atoms with Crippen LogP contribution in [0.2, 0.25) is 0 Å². The van der Waals surface area contributed by atoms with Crippen molar-refractivity contribution in [3.8, 4) is 5.75 Å². The van der Waals surface area contributed by atoms with E-state index in [-0.39, 0.29) is 0 Å². The highest BCUT2D eigenvalue weighted by molar-refractivity contribution is 9.11. The molecule has 1 aliphatic carbocycles. The zero-order valence-electron chi connectivity index (χ0n) is 12.2. The summed E-state index contributed by atoms with van der Waals surface area (Å²) < 4.78 is 6.53. The van der Waals surface area contributed by atoms with Crippen molar-refractivity contribution in [2.24, 2.45) is 0 Å². The van der Waals surface area contributed by atoms with Gasteiger partial charge in [0.2, 0.25) is 0 Å². The maximum absolute atomic E-state index is 5.23. The monoisotopic (exact) mass is 335 g/mol. The molecule has 0 fully saturated rings. The third-order valence-corrected chi connectivity index (χ3v) is 4.06. The van der Waals surface area contributed by atoms with Crippen LogP contribution >= 0.6 is 15.9 Å². The Kier molecular flexibility index (Phi) is 5.72. The average molecular weight is 336 g/mol. The molecule has 0 radical (unpaired) electrons. The summed E-state index contributed by atoms with van der Waals surface area (Å²) in [4.78, 5) is 2.42. The van der Waals surface area contributed by atoms with Gasteiger partial charge in [0.15, 0.2) is 0 Å². The van der Waals surface area contributed by atoms with E-state index in [9.17, 15) is 0 Å². The first-order chi connectivity index (χ1) is 9.72. The van der Waals surface area contributed by atoms with Crippen molar-refractivity contribution in [2.45, 2.75) is 26.2 Å². The smallest absolute Gasteiger partial charge is 0.119 e. The Labute approximate surface area is 130 Å². The van der Waals surface area contributed by atoms with Crippen LogP contribution in [0.4, 0.5) is 5.69 Å². The second-order valence-corrected chi connectivity index (χ2v) is 6.05. The Bertz CT molecular complexity index is 490. The predicted octanol–water partition coefficient (Wildman–Crippen LogP) is 4.91. The lowest BCUT2D eigenvalue weighted by atomic mass is 10.1. The number of ether oxygens (including phenoxy) is 1. The van der Waals surface area contributed by atoms with E-state index in [0.717, 1.165) is 38.1 Å². The van der Waals surface area contributed by atoms with Crippen LogP contribution in [0.1, 0.15) is 26.2 Å². The van der Waals surface area contributed by atoms with E-state index in [2.05, 4.69) is 52.0 Å². The average Bonchev–Trinajstić information content (AvgIpc) is 2.47. The largest absolute Gasteiger partial charge is 0.497 e. The van der Waals surface area contributed by atoms with Gasteiger partial charge in [0.1, 0.15) is 5.75 Å². The van der Waals surface area contributed by atoms with E-state index in [4.69, 9.17) is 4.74 Å². The van der Waals surface area contributed by atoms with E-state index in [1.807, 2.05) is 12.1 Å². The molecule has 3 heteroatoms. The van der Waals surface area contributed by atoms with Gasteiger partial charge in [-0.25, -0.2) is 0 Å². The number of halogens is 1. The molecule has 0 aromatic heterocycles. The Morgan fingerprint density at radius 3 is 2.60 bits per heavy atom. The first-order valence-electron chi connectivity index (χ1n) is 7.17. The molecule has 0 heterocycles. The zero-order valence-corrected chi connectivity index (χ0v) is 13.8. The molecule has 20 heavy (non-hydrogen) atoms. The van der Waals surface area contributed by atoms with Crippen molar-refractivity contribution in [3.63, 3.8) is 0 Å². The maximum Gasteiger partial charge on any atom is 0.119 e. The summed E-state index contributed by atoms with van der Waals surface area (Å²) in [6, 6.07) is 8.32. The molecule has 0 unspecified atom stereocenters. The van der Waals surface area contributed by atoms with E-state index in [0.29, 0.717) is 0 Å². The van der Waals surface area contributed by atoms with Crippen molar-refractivity contribution in [3.05, 3.63) is 46.5 Å². The number of nitrogens with zero attached hydrogens (tertiary/aromatic N) is 1. The van der Waals surface area contributed by atoms with Crippen LogP contribution in [-0.4, -0.2) is 20.2 Å². The Morgan fingerprint density at radius 1 is 1.25 bits per heavy atom. The highest BCUT2D eigenvalue weighted by Crippen LogP contribution is 2.25. The van der Waals surface area contributed by atoms with Crippen LogP contribution < -0.4 is 9.64 Å². The first kappa shape index (κ1) is 15.2. The molecule has 0 saturated heterocycles. The lowest BCUT2D eigenvalue weighted by Crippen LogP contribution is -2.26. The summed E-state index contributed by atoms with van der Waals surface area (Å²) in [5, 5.41) is 0. The minimum Gasteiger partial charge on any atom is -0.497 e. The fourth-order valence-corrected chi connectivity index (χ4v) is 2.94.